The fourth-order valence-electron chi connectivity index (χ4n) is 2.13. The van der Waals surface area contributed by atoms with Crippen molar-refractivity contribution in [1.29, 1.82) is 0 Å². The highest BCUT2D eigenvalue weighted by Crippen LogP contribution is 2.22. The SMILES string of the molecule is CCN(Cc1cc2ccccc2nc1Cl)C(C)C. The van der Waals surface area contributed by atoms with Crippen molar-refractivity contribution >= 4 is 22.5 Å². The number of nitrogens with zero attached hydrogens (tertiary/aromatic N) is 2. The van der Waals surface area contributed by atoms with Gasteiger partial charge in [-0.3, -0.25) is 4.90 Å². The van der Waals surface area contributed by atoms with Crippen molar-refractivity contribution in [2.24, 2.45) is 0 Å². The van der Waals surface area contributed by atoms with Gasteiger partial charge in [0.1, 0.15) is 5.15 Å². The minimum absolute atomic E-state index is 0.512. The minimum Gasteiger partial charge on any atom is -0.297 e. The van der Waals surface area contributed by atoms with E-state index in [2.05, 4.69) is 42.8 Å². The molecular formula is C15H19ClN2. The van der Waals surface area contributed by atoms with Gasteiger partial charge in [0.25, 0.3) is 0 Å². The van der Waals surface area contributed by atoms with Crippen LogP contribution in [0.1, 0.15) is 26.3 Å². The van der Waals surface area contributed by atoms with Crippen LogP contribution < -0.4 is 0 Å². The molecule has 0 N–H and O–H groups in total. The van der Waals surface area contributed by atoms with Crippen LogP contribution in [0, 0.1) is 0 Å². The van der Waals surface area contributed by atoms with Gasteiger partial charge in [-0.2, -0.15) is 0 Å². The van der Waals surface area contributed by atoms with Crippen LogP contribution in [-0.2, 0) is 6.54 Å². The molecule has 0 spiro atoms. The Morgan fingerprint density at radius 3 is 2.67 bits per heavy atom. The van der Waals surface area contributed by atoms with Crippen molar-refractivity contribution in [2.75, 3.05) is 6.54 Å². The number of benzene rings is 1. The second-order valence-electron chi connectivity index (χ2n) is 4.79. The third-order valence-electron chi connectivity index (χ3n) is 3.26. The summed E-state index contributed by atoms with van der Waals surface area (Å²) in [6, 6.07) is 10.7. The van der Waals surface area contributed by atoms with Crippen molar-refractivity contribution in [2.45, 2.75) is 33.4 Å². The number of para-hydroxylation sites is 1. The summed E-state index contributed by atoms with van der Waals surface area (Å²) in [5.74, 6) is 0. The molecule has 0 fully saturated rings. The molecule has 0 aliphatic carbocycles. The molecule has 96 valence electrons. The van der Waals surface area contributed by atoms with Gasteiger partial charge in [-0.1, -0.05) is 36.7 Å². The molecule has 0 amide bonds. The summed E-state index contributed by atoms with van der Waals surface area (Å²) in [5.41, 5.74) is 2.06. The highest BCUT2D eigenvalue weighted by atomic mass is 35.5. The fraction of sp³-hybridized carbons (Fsp3) is 0.400. The Morgan fingerprint density at radius 1 is 1.28 bits per heavy atom. The lowest BCUT2D eigenvalue weighted by atomic mass is 10.1. The smallest absolute Gasteiger partial charge is 0.134 e. The molecule has 1 heterocycles. The fourth-order valence-corrected chi connectivity index (χ4v) is 2.33. The highest BCUT2D eigenvalue weighted by molar-refractivity contribution is 6.30. The second-order valence-corrected chi connectivity index (χ2v) is 5.15. The number of fused-ring (bicyclic) bond motifs is 1. The number of hydrogen-bond acceptors (Lipinski definition) is 2. The summed E-state index contributed by atoms with van der Waals surface area (Å²) in [7, 11) is 0. The predicted octanol–water partition coefficient (Wildman–Crippen LogP) is 4.12. The van der Waals surface area contributed by atoms with Gasteiger partial charge in [0.2, 0.25) is 0 Å². The summed E-state index contributed by atoms with van der Waals surface area (Å²) in [6.45, 7) is 8.44. The van der Waals surface area contributed by atoms with E-state index in [1.165, 1.54) is 0 Å². The molecule has 0 unspecified atom stereocenters. The Morgan fingerprint density at radius 2 is 2.00 bits per heavy atom. The lowest BCUT2D eigenvalue weighted by Gasteiger charge is -2.25. The molecule has 1 aromatic carbocycles. The Kier molecular flexibility index (Phi) is 4.20. The normalized spacial score (nSPS) is 11.7. The first-order chi connectivity index (χ1) is 8.61. The summed E-state index contributed by atoms with van der Waals surface area (Å²) in [5, 5.41) is 1.77. The standard InChI is InChI=1S/C15H19ClN2/c1-4-18(11(2)3)10-13-9-12-7-5-6-8-14(12)17-15(13)16/h5-9,11H,4,10H2,1-3H3. The van der Waals surface area contributed by atoms with Crippen LogP contribution in [-0.4, -0.2) is 22.5 Å². The largest absolute Gasteiger partial charge is 0.297 e. The van der Waals surface area contributed by atoms with Crippen LogP contribution >= 0.6 is 11.6 Å². The van der Waals surface area contributed by atoms with Gasteiger partial charge < -0.3 is 0 Å². The van der Waals surface area contributed by atoms with E-state index in [9.17, 15) is 0 Å². The molecule has 0 radical (unpaired) electrons. The van der Waals surface area contributed by atoms with Crippen molar-refractivity contribution in [3.8, 4) is 0 Å². The van der Waals surface area contributed by atoms with Crippen molar-refractivity contribution in [1.82, 2.24) is 9.88 Å². The Bertz CT molecular complexity index is 537. The molecule has 2 nitrogen and oxygen atoms in total. The first-order valence-corrected chi connectivity index (χ1v) is 6.77. The average Bonchev–Trinajstić information content (AvgIpc) is 2.35. The molecule has 0 aliphatic heterocycles. The van der Waals surface area contributed by atoms with E-state index in [1.54, 1.807) is 0 Å². The number of hydrogen-bond donors (Lipinski definition) is 0. The summed E-state index contributed by atoms with van der Waals surface area (Å²) in [4.78, 5) is 6.83. The van der Waals surface area contributed by atoms with E-state index in [1.807, 2.05) is 18.2 Å². The zero-order valence-electron chi connectivity index (χ0n) is 11.2. The van der Waals surface area contributed by atoms with E-state index in [0.717, 1.165) is 29.6 Å². The van der Waals surface area contributed by atoms with Crippen LogP contribution in [0.4, 0.5) is 0 Å². The predicted molar refractivity (Wildman–Crippen MR) is 78.0 cm³/mol. The molecule has 0 saturated heterocycles. The molecule has 1 aromatic heterocycles. The average molecular weight is 263 g/mol. The van der Waals surface area contributed by atoms with Crippen LogP contribution in [0.15, 0.2) is 30.3 Å². The number of rotatable bonds is 4. The highest BCUT2D eigenvalue weighted by Gasteiger charge is 2.11. The maximum atomic E-state index is 6.27. The summed E-state index contributed by atoms with van der Waals surface area (Å²) < 4.78 is 0. The molecule has 2 rings (SSSR count). The van der Waals surface area contributed by atoms with Crippen LogP contribution in [0.2, 0.25) is 5.15 Å². The lowest BCUT2D eigenvalue weighted by Crippen LogP contribution is -2.30. The van der Waals surface area contributed by atoms with Gasteiger partial charge in [0.05, 0.1) is 5.52 Å². The third-order valence-corrected chi connectivity index (χ3v) is 3.59. The van der Waals surface area contributed by atoms with Crippen molar-refractivity contribution < 1.29 is 0 Å². The molecule has 0 atom stereocenters. The van der Waals surface area contributed by atoms with Gasteiger partial charge in [-0.05, 0) is 32.5 Å². The number of aromatic nitrogens is 1. The maximum Gasteiger partial charge on any atom is 0.134 e. The minimum atomic E-state index is 0.512. The monoisotopic (exact) mass is 262 g/mol. The van der Waals surface area contributed by atoms with Crippen LogP contribution in [0.3, 0.4) is 0 Å². The van der Waals surface area contributed by atoms with E-state index in [4.69, 9.17) is 11.6 Å². The summed E-state index contributed by atoms with van der Waals surface area (Å²) >= 11 is 6.27. The Hall–Kier alpha value is -1.12. The molecule has 0 bridgehead atoms. The molecule has 18 heavy (non-hydrogen) atoms. The van der Waals surface area contributed by atoms with E-state index >= 15 is 0 Å². The second kappa shape index (κ2) is 5.68. The van der Waals surface area contributed by atoms with Gasteiger partial charge in [0.15, 0.2) is 0 Å². The van der Waals surface area contributed by atoms with Crippen molar-refractivity contribution in [3.05, 3.63) is 41.0 Å². The zero-order valence-corrected chi connectivity index (χ0v) is 11.9. The van der Waals surface area contributed by atoms with E-state index in [0.29, 0.717) is 11.2 Å². The molecule has 3 heteroatoms. The first-order valence-electron chi connectivity index (χ1n) is 6.40. The summed E-state index contributed by atoms with van der Waals surface area (Å²) in [6.07, 6.45) is 0. The zero-order chi connectivity index (χ0) is 13.1. The molecular weight excluding hydrogens is 244 g/mol. The van der Waals surface area contributed by atoms with E-state index in [-0.39, 0.29) is 0 Å². The van der Waals surface area contributed by atoms with Gasteiger partial charge >= 0.3 is 0 Å². The Labute approximate surface area is 114 Å². The maximum absolute atomic E-state index is 6.27. The molecule has 0 saturated carbocycles. The van der Waals surface area contributed by atoms with Gasteiger partial charge in [0, 0.05) is 23.5 Å². The van der Waals surface area contributed by atoms with Crippen LogP contribution in [0.5, 0.6) is 0 Å². The van der Waals surface area contributed by atoms with Crippen molar-refractivity contribution in [3.63, 3.8) is 0 Å². The topological polar surface area (TPSA) is 16.1 Å². The quantitative estimate of drug-likeness (QED) is 0.771. The number of halogens is 1. The molecule has 2 aromatic rings. The van der Waals surface area contributed by atoms with E-state index < -0.39 is 0 Å². The van der Waals surface area contributed by atoms with Crippen LogP contribution in [0.25, 0.3) is 10.9 Å². The number of pyridine rings is 1. The molecule has 0 aliphatic rings. The third kappa shape index (κ3) is 2.82. The first kappa shape index (κ1) is 13.3. The lowest BCUT2D eigenvalue weighted by molar-refractivity contribution is 0.225. The van der Waals surface area contributed by atoms with Gasteiger partial charge in [-0.25, -0.2) is 4.98 Å². The van der Waals surface area contributed by atoms with Gasteiger partial charge in [-0.15, -0.1) is 0 Å². The Balaban J connectivity index is 2.35.